The molecule has 142 valence electrons. The number of benzene rings is 1. The van der Waals surface area contributed by atoms with Crippen LogP contribution < -0.4 is 5.73 Å². The van der Waals surface area contributed by atoms with Crippen molar-refractivity contribution in [2.75, 3.05) is 26.2 Å². The molecule has 0 aliphatic carbocycles. The van der Waals surface area contributed by atoms with E-state index in [9.17, 15) is 13.2 Å². The zero-order valence-corrected chi connectivity index (χ0v) is 16.2. The molecule has 25 heavy (non-hydrogen) atoms. The maximum absolute atomic E-state index is 12.8. The molecule has 2 N–H and O–H groups in total. The van der Waals surface area contributed by atoms with Crippen molar-refractivity contribution in [3.8, 4) is 0 Å². The number of ketones is 1. The molecule has 6 nitrogen and oxygen atoms in total. The summed E-state index contributed by atoms with van der Waals surface area (Å²) in [5, 5.41) is 0. The lowest BCUT2D eigenvalue weighted by Gasteiger charge is -2.31. The molecule has 0 spiro atoms. The molecule has 0 unspecified atom stereocenters. The largest absolute Gasteiger partial charge is 0.378 e. The van der Waals surface area contributed by atoms with Gasteiger partial charge in [0.2, 0.25) is 10.0 Å². The summed E-state index contributed by atoms with van der Waals surface area (Å²) < 4.78 is 32.7. The fourth-order valence-electron chi connectivity index (χ4n) is 2.76. The van der Waals surface area contributed by atoms with E-state index in [1.165, 1.54) is 10.4 Å². The van der Waals surface area contributed by atoms with Gasteiger partial charge in [0.25, 0.3) is 0 Å². The van der Waals surface area contributed by atoms with Crippen molar-refractivity contribution < 1.29 is 17.9 Å². The molecule has 0 radical (unpaired) electrons. The van der Waals surface area contributed by atoms with E-state index in [2.05, 4.69) is 0 Å². The Bertz CT molecular complexity index is 658. The van der Waals surface area contributed by atoms with E-state index in [1.807, 2.05) is 0 Å². The second-order valence-corrected chi connectivity index (χ2v) is 7.86. The van der Waals surface area contributed by atoms with Crippen molar-refractivity contribution in [1.29, 1.82) is 0 Å². The molecular weight excluding hydrogens is 364 g/mol. The van der Waals surface area contributed by atoms with Gasteiger partial charge in [-0.15, -0.1) is 12.4 Å². The van der Waals surface area contributed by atoms with Gasteiger partial charge in [0.1, 0.15) is 0 Å². The summed E-state index contributed by atoms with van der Waals surface area (Å²) in [5.41, 5.74) is 5.88. The van der Waals surface area contributed by atoms with Crippen LogP contribution in [0, 0.1) is 0 Å². The van der Waals surface area contributed by atoms with Gasteiger partial charge < -0.3 is 10.5 Å². The van der Waals surface area contributed by atoms with E-state index < -0.39 is 10.0 Å². The first kappa shape index (κ1) is 22.1. The summed E-state index contributed by atoms with van der Waals surface area (Å²) in [6, 6.07) is 6.30. The number of carbonyl (C=O) groups is 1. The summed E-state index contributed by atoms with van der Waals surface area (Å²) in [6.45, 7) is 3.84. The highest BCUT2D eigenvalue weighted by atomic mass is 35.5. The number of carbonyl (C=O) groups excluding carboxylic acids is 1. The summed E-state index contributed by atoms with van der Waals surface area (Å²) in [4.78, 5) is 12.0. The molecule has 1 saturated heterocycles. The number of nitrogens with two attached hydrogens (primary N) is 1. The number of hydrogen-bond acceptors (Lipinski definition) is 5. The summed E-state index contributed by atoms with van der Waals surface area (Å²) >= 11 is 0. The number of hydrogen-bond donors (Lipinski definition) is 1. The van der Waals surface area contributed by atoms with Crippen molar-refractivity contribution in [2.24, 2.45) is 5.73 Å². The van der Waals surface area contributed by atoms with Crippen LogP contribution in [0.2, 0.25) is 0 Å². The van der Waals surface area contributed by atoms with Gasteiger partial charge >= 0.3 is 0 Å². The topological polar surface area (TPSA) is 89.7 Å². The number of nitrogens with zero attached hydrogens (tertiary/aromatic N) is 1. The van der Waals surface area contributed by atoms with E-state index in [0.29, 0.717) is 51.1 Å². The minimum absolute atomic E-state index is 0. The first-order valence-electron chi connectivity index (χ1n) is 8.44. The van der Waals surface area contributed by atoms with Crippen LogP contribution in [0.1, 0.15) is 43.0 Å². The van der Waals surface area contributed by atoms with Gasteiger partial charge in [0, 0.05) is 31.7 Å². The first-order chi connectivity index (χ1) is 11.5. The molecule has 0 saturated carbocycles. The molecule has 1 aromatic rings. The fraction of sp³-hybridized carbons (Fsp3) is 0.588. The third-order valence-electron chi connectivity index (χ3n) is 4.22. The Morgan fingerprint density at radius 1 is 1.32 bits per heavy atom. The van der Waals surface area contributed by atoms with E-state index in [4.69, 9.17) is 10.5 Å². The van der Waals surface area contributed by atoms with Crippen molar-refractivity contribution in [2.45, 2.75) is 43.6 Å². The lowest BCUT2D eigenvalue weighted by Crippen LogP contribution is -2.41. The highest BCUT2D eigenvalue weighted by Gasteiger charge is 2.30. The van der Waals surface area contributed by atoms with Crippen molar-refractivity contribution in [1.82, 2.24) is 4.31 Å². The maximum atomic E-state index is 12.8. The second kappa shape index (κ2) is 10.2. The van der Waals surface area contributed by atoms with Gasteiger partial charge in [-0.1, -0.05) is 19.1 Å². The molecule has 8 heteroatoms. The number of rotatable bonds is 8. The van der Waals surface area contributed by atoms with E-state index in [-0.39, 0.29) is 29.2 Å². The average molecular weight is 391 g/mol. The van der Waals surface area contributed by atoms with Crippen LogP contribution in [0.4, 0.5) is 0 Å². The van der Waals surface area contributed by atoms with Crippen molar-refractivity contribution in [3.05, 3.63) is 29.8 Å². The molecule has 0 atom stereocenters. The number of Topliss-reactive ketones (excluding diaryl/α,β-unsaturated/α-hetero) is 1. The highest BCUT2D eigenvalue weighted by molar-refractivity contribution is 7.89. The normalized spacial score (nSPS) is 16.4. The van der Waals surface area contributed by atoms with Crippen molar-refractivity contribution >= 4 is 28.2 Å². The summed E-state index contributed by atoms with van der Waals surface area (Å²) in [7, 11) is -3.57. The van der Waals surface area contributed by atoms with E-state index >= 15 is 0 Å². The molecule has 1 fully saturated rings. The highest BCUT2D eigenvalue weighted by Crippen LogP contribution is 2.23. The molecule has 1 aliphatic rings. The Morgan fingerprint density at radius 2 is 2.00 bits per heavy atom. The van der Waals surface area contributed by atoms with E-state index in [1.54, 1.807) is 25.1 Å². The second-order valence-electron chi connectivity index (χ2n) is 5.92. The number of piperidine rings is 1. The lowest BCUT2D eigenvalue weighted by atomic mass is 10.1. The summed E-state index contributed by atoms with van der Waals surface area (Å²) in [6.07, 6.45) is 2.62. The number of sulfonamides is 1. The smallest absolute Gasteiger partial charge is 0.243 e. The van der Waals surface area contributed by atoms with Gasteiger partial charge in [-0.25, -0.2) is 8.42 Å². The van der Waals surface area contributed by atoms with Crippen LogP contribution in [0.3, 0.4) is 0 Å². The van der Waals surface area contributed by atoms with Gasteiger partial charge in [-0.2, -0.15) is 4.31 Å². The van der Waals surface area contributed by atoms with Gasteiger partial charge in [0.15, 0.2) is 5.78 Å². The van der Waals surface area contributed by atoms with Crippen LogP contribution in [0.25, 0.3) is 0 Å². The van der Waals surface area contributed by atoms with Gasteiger partial charge in [-0.3, -0.25) is 4.79 Å². The van der Waals surface area contributed by atoms with Crippen LogP contribution >= 0.6 is 12.4 Å². The summed E-state index contributed by atoms with van der Waals surface area (Å²) in [5.74, 6) is -0.0564. The molecule has 2 rings (SSSR count). The number of halogens is 1. The minimum atomic E-state index is -3.57. The Hall–Kier alpha value is -0.990. The van der Waals surface area contributed by atoms with Gasteiger partial charge in [0.05, 0.1) is 11.0 Å². The maximum Gasteiger partial charge on any atom is 0.243 e. The zero-order chi connectivity index (χ0) is 17.6. The molecule has 1 aliphatic heterocycles. The molecule has 0 amide bonds. The standard InChI is InChI=1S/C17H26N2O4S.ClH/c1-2-17(20)14-5-3-6-16(13-14)24(21,22)19-10-7-15(8-11-19)23-12-4-9-18;/h3,5-6,13,15H,2,4,7-12,18H2,1H3;1H. The zero-order valence-electron chi connectivity index (χ0n) is 14.5. The Morgan fingerprint density at radius 3 is 2.60 bits per heavy atom. The van der Waals surface area contributed by atoms with Crippen LogP contribution in [-0.2, 0) is 14.8 Å². The Balaban J connectivity index is 0.00000312. The minimum Gasteiger partial charge on any atom is -0.378 e. The molecule has 1 aromatic carbocycles. The molecule has 0 aromatic heterocycles. The van der Waals surface area contributed by atoms with Crippen LogP contribution in [-0.4, -0.2) is 50.9 Å². The monoisotopic (exact) mass is 390 g/mol. The van der Waals surface area contributed by atoms with Crippen LogP contribution in [0.5, 0.6) is 0 Å². The lowest BCUT2D eigenvalue weighted by molar-refractivity contribution is 0.0209. The van der Waals surface area contributed by atoms with Crippen molar-refractivity contribution in [3.63, 3.8) is 0 Å². The third-order valence-corrected chi connectivity index (χ3v) is 6.11. The predicted molar refractivity (Wildman–Crippen MR) is 99.7 cm³/mol. The quantitative estimate of drug-likeness (QED) is 0.543. The molecule has 0 bridgehead atoms. The van der Waals surface area contributed by atoms with Crippen LogP contribution in [0.15, 0.2) is 29.2 Å². The van der Waals surface area contributed by atoms with Gasteiger partial charge in [-0.05, 0) is 37.9 Å². The predicted octanol–water partition coefficient (Wildman–Crippen LogP) is 2.22. The Kier molecular flexibility index (Phi) is 9.02. The van der Waals surface area contributed by atoms with E-state index in [0.717, 1.165) is 6.42 Å². The number of ether oxygens (including phenoxy) is 1. The Labute approximate surface area is 156 Å². The fourth-order valence-corrected chi connectivity index (χ4v) is 4.27. The third kappa shape index (κ3) is 5.76. The first-order valence-corrected chi connectivity index (χ1v) is 9.88. The SMILES string of the molecule is CCC(=O)c1cccc(S(=O)(=O)N2CCC(OCCCN)CC2)c1.Cl. The molecular formula is C17H27ClN2O4S. The molecule has 1 heterocycles. The average Bonchev–Trinajstić information content (AvgIpc) is 2.62.